The largest absolute Gasteiger partial charge is 0.464 e. The molecule has 25 heavy (non-hydrogen) atoms. The van der Waals surface area contributed by atoms with E-state index in [2.05, 4.69) is 18.8 Å². The second-order valence-corrected chi connectivity index (χ2v) is 8.07. The van der Waals surface area contributed by atoms with Crippen molar-refractivity contribution in [1.82, 2.24) is 9.55 Å². The van der Waals surface area contributed by atoms with E-state index in [0.29, 0.717) is 17.9 Å². The molecule has 0 saturated heterocycles. The van der Waals surface area contributed by atoms with E-state index in [-0.39, 0.29) is 18.1 Å². The molecule has 2 aromatic heterocycles. The van der Waals surface area contributed by atoms with Gasteiger partial charge >= 0.3 is 5.97 Å². The second kappa shape index (κ2) is 8.13. The van der Waals surface area contributed by atoms with Crippen molar-refractivity contribution < 1.29 is 9.53 Å². The Morgan fingerprint density at radius 1 is 1.40 bits per heavy atom. The third kappa shape index (κ3) is 4.11. The minimum atomic E-state index is -0.363. The first-order valence-electron chi connectivity index (χ1n) is 9.25. The number of fused-ring (bicyclic) bond motifs is 3. The summed E-state index contributed by atoms with van der Waals surface area (Å²) in [6.45, 7) is 4.76. The van der Waals surface area contributed by atoms with Gasteiger partial charge in [-0.15, -0.1) is 11.3 Å². The fraction of sp³-hybridized carbons (Fsp3) is 0.632. The number of hydrogen-bond acceptors (Lipinski definition) is 5. The van der Waals surface area contributed by atoms with Crippen LogP contribution in [0.15, 0.2) is 11.1 Å². The van der Waals surface area contributed by atoms with Crippen molar-refractivity contribution in [3.05, 3.63) is 27.1 Å². The minimum Gasteiger partial charge on any atom is -0.464 e. The van der Waals surface area contributed by atoms with Crippen molar-refractivity contribution >= 4 is 27.5 Å². The molecule has 1 aliphatic carbocycles. The highest BCUT2D eigenvalue weighted by Crippen LogP contribution is 2.35. The Kier molecular flexibility index (Phi) is 5.89. The molecule has 5 nitrogen and oxygen atoms in total. The number of hydrogen-bond donors (Lipinski definition) is 0. The van der Waals surface area contributed by atoms with Crippen molar-refractivity contribution in [2.24, 2.45) is 5.92 Å². The van der Waals surface area contributed by atoms with E-state index >= 15 is 0 Å². The van der Waals surface area contributed by atoms with E-state index in [9.17, 15) is 9.59 Å². The van der Waals surface area contributed by atoms with E-state index in [1.807, 2.05) is 0 Å². The Bertz CT molecular complexity index is 809. The molecule has 2 aromatic rings. The first-order valence-corrected chi connectivity index (χ1v) is 10.1. The fourth-order valence-corrected chi connectivity index (χ4v) is 4.72. The lowest BCUT2D eigenvalue weighted by atomic mass is 9.89. The van der Waals surface area contributed by atoms with Gasteiger partial charge in [0.15, 0.2) is 0 Å². The van der Waals surface area contributed by atoms with Gasteiger partial charge in [0.2, 0.25) is 0 Å². The predicted octanol–water partition coefficient (Wildman–Crippen LogP) is 3.71. The summed E-state index contributed by atoms with van der Waals surface area (Å²) in [4.78, 5) is 31.3. The molecule has 6 heteroatoms. The van der Waals surface area contributed by atoms with Gasteiger partial charge in [-0.05, 0) is 37.2 Å². The molecule has 0 bridgehead atoms. The molecule has 0 spiro atoms. The Labute approximate surface area is 152 Å². The maximum atomic E-state index is 12.8. The smallest absolute Gasteiger partial charge is 0.326 e. The van der Waals surface area contributed by atoms with Crippen LogP contribution in [0, 0.1) is 5.92 Å². The molecule has 0 aromatic carbocycles. The van der Waals surface area contributed by atoms with Crippen molar-refractivity contribution in [1.29, 1.82) is 0 Å². The highest BCUT2D eigenvalue weighted by atomic mass is 32.1. The number of thiophene rings is 1. The summed E-state index contributed by atoms with van der Waals surface area (Å²) in [5.41, 5.74) is 1.04. The van der Waals surface area contributed by atoms with Crippen molar-refractivity contribution in [2.75, 3.05) is 6.61 Å². The second-order valence-electron chi connectivity index (χ2n) is 6.99. The first kappa shape index (κ1) is 18.1. The summed E-state index contributed by atoms with van der Waals surface area (Å²) in [5, 5.41) is 0.713. The maximum absolute atomic E-state index is 12.8. The number of nitrogens with zero attached hydrogens (tertiary/aromatic N) is 2. The first-order chi connectivity index (χ1) is 12.1. The predicted molar refractivity (Wildman–Crippen MR) is 100 cm³/mol. The van der Waals surface area contributed by atoms with E-state index in [0.717, 1.165) is 55.3 Å². The van der Waals surface area contributed by atoms with Gasteiger partial charge in [0, 0.05) is 4.88 Å². The van der Waals surface area contributed by atoms with E-state index in [1.54, 1.807) is 11.3 Å². The summed E-state index contributed by atoms with van der Waals surface area (Å²) >= 11 is 1.63. The Morgan fingerprint density at radius 2 is 2.24 bits per heavy atom. The van der Waals surface area contributed by atoms with Crippen LogP contribution in [-0.4, -0.2) is 22.1 Å². The van der Waals surface area contributed by atoms with Gasteiger partial charge in [-0.2, -0.15) is 0 Å². The highest BCUT2D eigenvalue weighted by molar-refractivity contribution is 7.18. The summed E-state index contributed by atoms with van der Waals surface area (Å²) in [5.74, 6) is 0.294. The standard InChI is InChI=1S/C19H26N2O3S/c1-3-4-5-6-9-24-16(22)11-21-12-20-18-17(19(21)23)14-8-7-13(2)10-15(14)25-18/h12-13H,3-11H2,1-2H3/t13-/m0/s1. The minimum absolute atomic E-state index is 0.0590. The average Bonchev–Trinajstić information content (AvgIpc) is 2.95. The summed E-state index contributed by atoms with van der Waals surface area (Å²) in [6.07, 6.45) is 8.78. The quantitative estimate of drug-likeness (QED) is 0.556. The van der Waals surface area contributed by atoms with Gasteiger partial charge in [0.25, 0.3) is 5.56 Å². The number of esters is 1. The monoisotopic (exact) mass is 362 g/mol. The Hall–Kier alpha value is -1.69. The highest BCUT2D eigenvalue weighted by Gasteiger charge is 2.23. The van der Waals surface area contributed by atoms with Gasteiger partial charge in [-0.1, -0.05) is 33.1 Å². The van der Waals surface area contributed by atoms with E-state index in [4.69, 9.17) is 4.74 Å². The van der Waals surface area contributed by atoms with Crippen molar-refractivity contribution in [3.8, 4) is 0 Å². The third-order valence-corrected chi connectivity index (χ3v) is 6.00. The Balaban J connectivity index is 1.71. The van der Waals surface area contributed by atoms with Crippen LogP contribution in [0.25, 0.3) is 10.2 Å². The zero-order chi connectivity index (χ0) is 17.8. The molecule has 2 heterocycles. The molecule has 0 fully saturated rings. The molecule has 0 unspecified atom stereocenters. The molecule has 0 radical (unpaired) electrons. The molecule has 1 atom stereocenters. The lowest BCUT2D eigenvalue weighted by Crippen LogP contribution is -2.26. The number of carbonyl (C=O) groups excluding carboxylic acids is 1. The number of ether oxygens (including phenoxy) is 1. The van der Waals surface area contributed by atoms with Crippen LogP contribution in [0.5, 0.6) is 0 Å². The summed E-state index contributed by atoms with van der Waals surface area (Å²) < 4.78 is 6.63. The van der Waals surface area contributed by atoms with Crippen LogP contribution in [0.2, 0.25) is 0 Å². The van der Waals surface area contributed by atoms with Crippen LogP contribution < -0.4 is 5.56 Å². The number of unbranched alkanes of at least 4 members (excludes halogenated alkanes) is 3. The molecule has 0 amide bonds. The topological polar surface area (TPSA) is 61.2 Å². The number of aromatic nitrogens is 2. The zero-order valence-electron chi connectivity index (χ0n) is 15.0. The molecule has 3 rings (SSSR count). The van der Waals surface area contributed by atoms with Gasteiger partial charge in [0.05, 0.1) is 18.3 Å². The van der Waals surface area contributed by atoms with Gasteiger partial charge in [0.1, 0.15) is 11.4 Å². The summed E-state index contributed by atoms with van der Waals surface area (Å²) in [7, 11) is 0. The SMILES string of the molecule is CCCCCCOC(=O)Cn1cnc2sc3c(c2c1=O)CC[C@H](C)C3. The normalized spacial score (nSPS) is 16.8. The fourth-order valence-electron chi connectivity index (χ4n) is 3.38. The van der Waals surface area contributed by atoms with Crippen molar-refractivity contribution in [2.45, 2.75) is 65.3 Å². The third-order valence-electron chi connectivity index (χ3n) is 4.84. The van der Waals surface area contributed by atoms with Gasteiger partial charge in [-0.3, -0.25) is 14.2 Å². The molecule has 0 aliphatic heterocycles. The Morgan fingerprint density at radius 3 is 3.04 bits per heavy atom. The molecular formula is C19H26N2O3S. The van der Waals surface area contributed by atoms with E-state index < -0.39 is 0 Å². The average molecular weight is 362 g/mol. The molecule has 0 N–H and O–H groups in total. The van der Waals surface area contributed by atoms with Crippen molar-refractivity contribution in [3.63, 3.8) is 0 Å². The number of aryl methyl sites for hydroxylation is 1. The van der Waals surface area contributed by atoms with Crippen LogP contribution in [-0.2, 0) is 28.9 Å². The molecule has 136 valence electrons. The van der Waals surface area contributed by atoms with E-state index in [1.165, 1.54) is 15.8 Å². The summed E-state index contributed by atoms with van der Waals surface area (Å²) in [6, 6.07) is 0. The lowest BCUT2D eigenvalue weighted by molar-refractivity contribution is -0.144. The number of carbonyl (C=O) groups is 1. The number of rotatable bonds is 7. The molecule has 0 saturated carbocycles. The van der Waals surface area contributed by atoms with Gasteiger partial charge < -0.3 is 4.74 Å². The lowest BCUT2D eigenvalue weighted by Gasteiger charge is -2.17. The zero-order valence-corrected chi connectivity index (χ0v) is 15.9. The molecule has 1 aliphatic rings. The van der Waals surface area contributed by atoms with Crippen LogP contribution in [0.1, 0.15) is 56.4 Å². The van der Waals surface area contributed by atoms with Crippen LogP contribution in [0.3, 0.4) is 0 Å². The van der Waals surface area contributed by atoms with Crippen LogP contribution >= 0.6 is 11.3 Å². The maximum Gasteiger partial charge on any atom is 0.326 e. The van der Waals surface area contributed by atoms with Crippen LogP contribution in [0.4, 0.5) is 0 Å². The molecular weight excluding hydrogens is 336 g/mol. The van der Waals surface area contributed by atoms with Gasteiger partial charge in [-0.25, -0.2) is 4.98 Å².